The molecule has 4 nitrogen and oxygen atoms in total. The molecule has 0 fully saturated rings. The second-order valence-corrected chi connectivity index (χ2v) is 2.79. The standard InChI is InChI=1S/C9H9N3O/c1-6-8(12-9(13)11-6)7-4-2-3-5-10-7/h2-5H,1H3,(H2,11,12,13). The van der Waals surface area contributed by atoms with Crippen molar-refractivity contribution < 1.29 is 0 Å². The molecule has 2 aromatic heterocycles. The lowest BCUT2D eigenvalue weighted by atomic mass is 10.2. The molecule has 0 aliphatic rings. The fraction of sp³-hybridized carbons (Fsp3) is 0.111. The number of aryl methyl sites for hydroxylation is 1. The van der Waals surface area contributed by atoms with E-state index in [9.17, 15) is 4.79 Å². The monoisotopic (exact) mass is 175 g/mol. The highest BCUT2D eigenvalue weighted by Crippen LogP contribution is 2.13. The first-order valence-corrected chi connectivity index (χ1v) is 3.97. The van der Waals surface area contributed by atoms with E-state index < -0.39 is 0 Å². The molecule has 2 aromatic rings. The third-order valence-corrected chi connectivity index (χ3v) is 1.84. The average molecular weight is 175 g/mol. The van der Waals surface area contributed by atoms with Gasteiger partial charge in [-0.3, -0.25) is 4.98 Å². The SMILES string of the molecule is Cc1[nH]c(=O)[nH]c1-c1ccccn1. The molecule has 13 heavy (non-hydrogen) atoms. The maximum Gasteiger partial charge on any atom is 0.323 e. The topological polar surface area (TPSA) is 61.5 Å². The van der Waals surface area contributed by atoms with Gasteiger partial charge in [0.25, 0.3) is 0 Å². The molecule has 0 atom stereocenters. The van der Waals surface area contributed by atoms with Gasteiger partial charge < -0.3 is 9.97 Å². The summed E-state index contributed by atoms with van der Waals surface area (Å²) in [5.41, 5.74) is 2.14. The van der Waals surface area contributed by atoms with Gasteiger partial charge in [-0.15, -0.1) is 0 Å². The summed E-state index contributed by atoms with van der Waals surface area (Å²) in [5, 5.41) is 0. The molecule has 2 N–H and O–H groups in total. The first-order valence-electron chi connectivity index (χ1n) is 3.97. The van der Waals surface area contributed by atoms with Crippen molar-refractivity contribution in [1.29, 1.82) is 0 Å². The molecule has 66 valence electrons. The Labute approximate surface area is 74.7 Å². The molecule has 0 spiro atoms. The van der Waals surface area contributed by atoms with Gasteiger partial charge in [-0.25, -0.2) is 4.79 Å². The molecule has 0 saturated heterocycles. The van der Waals surface area contributed by atoms with E-state index in [1.54, 1.807) is 6.20 Å². The van der Waals surface area contributed by atoms with Crippen LogP contribution in [-0.4, -0.2) is 15.0 Å². The smallest absolute Gasteiger partial charge is 0.310 e. The second kappa shape index (κ2) is 2.90. The highest BCUT2D eigenvalue weighted by molar-refractivity contribution is 5.55. The average Bonchev–Trinajstić information content (AvgIpc) is 2.47. The molecular weight excluding hydrogens is 166 g/mol. The van der Waals surface area contributed by atoms with E-state index in [-0.39, 0.29) is 5.69 Å². The number of hydrogen-bond donors (Lipinski definition) is 2. The molecule has 0 amide bonds. The summed E-state index contributed by atoms with van der Waals surface area (Å²) in [4.78, 5) is 20.4. The predicted octanol–water partition coefficient (Wildman–Crippen LogP) is 1.07. The van der Waals surface area contributed by atoms with E-state index in [0.29, 0.717) is 0 Å². The Morgan fingerprint density at radius 3 is 2.69 bits per heavy atom. The normalized spacial score (nSPS) is 10.2. The van der Waals surface area contributed by atoms with Crippen LogP contribution in [0, 0.1) is 6.92 Å². The zero-order chi connectivity index (χ0) is 9.26. The van der Waals surface area contributed by atoms with Crippen LogP contribution in [0.5, 0.6) is 0 Å². The van der Waals surface area contributed by atoms with Gasteiger partial charge in [-0.05, 0) is 19.1 Å². The fourth-order valence-corrected chi connectivity index (χ4v) is 1.24. The van der Waals surface area contributed by atoms with Gasteiger partial charge in [-0.2, -0.15) is 0 Å². The van der Waals surface area contributed by atoms with Crippen LogP contribution in [0.4, 0.5) is 0 Å². The van der Waals surface area contributed by atoms with Crippen molar-refractivity contribution >= 4 is 0 Å². The quantitative estimate of drug-likeness (QED) is 0.681. The summed E-state index contributed by atoms with van der Waals surface area (Å²) in [6.07, 6.45) is 1.69. The summed E-state index contributed by atoms with van der Waals surface area (Å²) < 4.78 is 0. The maximum atomic E-state index is 10.9. The molecule has 2 rings (SSSR count). The lowest BCUT2D eigenvalue weighted by molar-refractivity contribution is 1.16. The third kappa shape index (κ3) is 1.38. The van der Waals surface area contributed by atoms with E-state index in [2.05, 4.69) is 15.0 Å². The van der Waals surface area contributed by atoms with Crippen molar-refractivity contribution in [3.05, 3.63) is 40.6 Å². The van der Waals surface area contributed by atoms with Crippen LogP contribution in [0.1, 0.15) is 5.69 Å². The third-order valence-electron chi connectivity index (χ3n) is 1.84. The number of hydrogen-bond acceptors (Lipinski definition) is 2. The van der Waals surface area contributed by atoms with Crippen molar-refractivity contribution in [2.45, 2.75) is 6.92 Å². The summed E-state index contributed by atoms with van der Waals surface area (Å²) in [6.45, 7) is 1.84. The Hall–Kier alpha value is -1.84. The van der Waals surface area contributed by atoms with Gasteiger partial charge in [-0.1, -0.05) is 6.07 Å². The number of pyridine rings is 1. The van der Waals surface area contributed by atoms with E-state index in [1.807, 2.05) is 25.1 Å². The number of rotatable bonds is 1. The number of nitrogens with one attached hydrogen (secondary N) is 2. The number of imidazole rings is 1. The van der Waals surface area contributed by atoms with E-state index in [4.69, 9.17) is 0 Å². The summed E-state index contributed by atoms with van der Waals surface area (Å²) in [7, 11) is 0. The van der Waals surface area contributed by atoms with E-state index in [1.165, 1.54) is 0 Å². The number of aromatic amines is 2. The molecule has 0 bridgehead atoms. The summed E-state index contributed by atoms with van der Waals surface area (Å²) in [5.74, 6) is 0. The van der Waals surface area contributed by atoms with Crippen LogP contribution >= 0.6 is 0 Å². The predicted molar refractivity (Wildman–Crippen MR) is 49.4 cm³/mol. The zero-order valence-electron chi connectivity index (χ0n) is 7.16. The molecular formula is C9H9N3O. The highest BCUT2D eigenvalue weighted by atomic mass is 16.1. The Balaban J connectivity index is 2.59. The van der Waals surface area contributed by atoms with E-state index in [0.717, 1.165) is 17.1 Å². The number of H-pyrrole nitrogens is 2. The van der Waals surface area contributed by atoms with Gasteiger partial charge in [0.15, 0.2) is 0 Å². The summed E-state index contributed by atoms with van der Waals surface area (Å²) >= 11 is 0. The molecule has 0 aliphatic carbocycles. The molecule has 2 heterocycles. The Morgan fingerprint density at radius 1 is 1.31 bits per heavy atom. The minimum Gasteiger partial charge on any atom is -0.310 e. The number of aromatic nitrogens is 3. The van der Waals surface area contributed by atoms with Crippen LogP contribution in [0.3, 0.4) is 0 Å². The van der Waals surface area contributed by atoms with Crippen LogP contribution in [-0.2, 0) is 0 Å². The first-order chi connectivity index (χ1) is 6.27. The molecule has 0 aromatic carbocycles. The van der Waals surface area contributed by atoms with Gasteiger partial charge in [0.05, 0.1) is 11.4 Å². The Kier molecular flexibility index (Phi) is 1.73. The molecule has 0 unspecified atom stereocenters. The van der Waals surface area contributed by atoms with Gasteiger partial charge in [0.1, 0.15) is 0 Å². The van der Waals surface area contributed by atoms with Crippen LogP contribution in [0.15, 0.2) is 29.2 Å². The lowest BCUT2D eigenvalue weighted by Gasteiger charge is -1.95. The van der Waals surface area contributed by atoms with Crippen molar-refractivity contribution in [2.24, 2.45) is 0 Å². The Morgan fingerprint density at radius 2 is 2.15 bits per heavy atom. The Bertz CT molecular complexity index is 455. The summed E-state index contributed by atoms with van der Waals surface area (Å²) in [6, 6.07) is 5.57. The van der Waals surface area contributed by atoms with Crippen LogP contribution in [0.2, 0.25) is 0 Å². The highest BCUT2D eigenvalue weighted by Gasteiger charge is 2.04. The van der Waals surface area contributed by atoms with Gasteiger partial charge in [0, 0.05) is 11.9 Å². The first kappa shape index (κ1) is 7.79. The van der Waals surface area contributed by atoms with Gasteiger partial charge in [0.2, 0.25) is 0 Å². The van der Waals surface area contributed by atoms with Crippen molar-refractivity contribution in [2.75, 3.05) is 0 Å². The fourth-order valence-electron chi connectivity index (χ4n) is 1.24. The van der Waals surface area contributed by atoms with Crippen LogP contribution in [0.25, 0.3) is 11.4 Å². The molecule has 0 radical (unpaired) electrons. The van der Waals surface area contributed by atoms with Gasteiger partial charge >= 0.3 is 5.69 Å². The zero-order valence-corrected chi connectivity index (χ0v) is 7.16. The molecule has 4 heteroatoms. The minimum atomic E-state index is -0.196. The largest absolute Gasteiger partial charge is 0.323 e. The number of nitrogens with zero attached hydrogens (tertiary/aromatic N) is 1. The molecule has 0 saturated carbocycles. The van der Waals surface area contributed by atoms with E-state index >= 15 is 0 Å². The maximum absolute atomic E-state index is 10.9. The van der Waals surface area contributed by atoms with Crippen molar-refractivity contribution in [3.63, 3.8) is 0 Å². The van der Waals surface area contributed by atoms with Crippen molar-refractivity contribution in [1.82, 2.24) is 15.0 Å². The minimum absolute atomic E-state index is 0.196. The second-order valence-electron chi connectivity index (χ2n) is 2.79. The lowest BCUT2D eigenvalue weighted by Crippen LogP contribution is -2.00. The van der Waals surface area contributed by atoms with Crippen molar-refractivity contribution in [3.8, 4) is 11.4 Å². The molecule has 0 aliphatic heterocycles. The van der Waals surface area contributed by atoms with Crippen LogP contribution < -0.4 is 5.69 Å².